The molecule has 0 bridgehead atoms. The Morgan fingerprint density at radius 2 is 2.35 bits per heavy atom. The average molecular weight is 245 g/mol. The fourth-order valence-electron chi connectivity index (χ4n) is 2.01. The lowest BCUT2D eigenvalue weighted by Crippen LogP contribution is -2.42. The fraction of sp³-hybridized carbons (Fsp3) is 1.00. The van der Waals surface area contributed by atoms with E-state index in [1.165, 1.54) is 0 Å². The number of aliphatic hydroxyl groups excluding tert-OH is 1. The Morgan fingerprint density at radius 3 is 3.06 bits per heavy atom. The molecule has 0 aromatic carbocycles. The largest absolute Gasteiger partial charge is 0.389 e. The average Bonchev–Trinajstić information content (AvgIpc) is 2.32. The molecular formula is C13H27NO3. The third-order valence-electron chi connectivity index (χ3n) is 3.08. The summed E-state index contributed by atoms with van der Waals surface area (Å²) < 4.78 is 10.9. The Kier molecular flexibility index (Phi) is 7.77. The van der Waals surface area contributed by atoms with Crippen LogP contribution in [0.5, 0.6) is 0 Å². The van der Waals surface area contributed by atoms with E-state index in [1.54, 1.807) is 0 Å². The highest BCUT2D eigenvalue weighted by atomic mass is 16.5. The van der Waals surface area contributed by atoms with Gasteiger partial charge in [-0.2, -0.15) is 0 Å². The normalized spacial score (nSPS) is 27.0. The molecule has 2 N–H and O–H groups in total. The zero-order valence-corrected chi connectivity index (χ0v) is 11.2. The molecule has 4 heteroatoms. The highest BCUT2D eigenvalue weighted by molar-refractivity contribution is 4.75. The van der Waals surface area contributed by atoms with Gasteiger partial charge in [0.05, 0.1) is 18.8 Å². The van der Waals surface area contributed by atoms with Gasteiger partial charge in [-0.25, -0.2) is 0 Å². The van der Waals surface area contributed by atoms with Crippen LogP contribution in [0.1, 0.15) is 39.5 Å². The van der Waals surface area contributed by atoms with E-state index >= 15 is 0 Å². The van der Waals surface area contributed by atoms with Crippen LogP contribution in [0.2, 0.25) is 0 Å². The van der Waals surface area contributed by atoms with Crippen molar-refractivity contribution < 1.29 is 14.6 Å². The zero-order valence-electron chi connectivity index (χ0n) is 11.2. The highest BCUT2D eigenvalue weighted by Gasteiger charge is 2.19. The summed E-state index contributed by atoms with van der Waals surface area (Å²) in [6.45, 7) is 6.85. The smallest absolute Gasteiger partial charge is 0.0897 e. The van der Waals surface area contributed by atoms with Gasteiger partial charge in [0.15, 0.2) is 0 Å². The summed E-state index contributed by atoms with van der Waals surface area (Å²) in [7, 11) is 0. The van der Waals surface area contributed by atoms with Gasteiger partial charge in [0.25, 0.3) is 0 Å². The third kappa shape index (κ3) is 6.99. The van der Waals surface area contributed by atoms with Gasteiger partial charge in [-0.3, -0.25) is 0 Å². The number of aliphatic hydroxyl groups is 1. The summed E-state index contributed by atoms with van der Waals surface area (Å²) >= 11 is 0. The molecular weight excluding hydrogens is 218 g/mol. The van der Waals surface area contributed by atoms with Crippen molar-refractivity contribution in [2.24, 2.45) is 0 Å². The molecule has 1 rings (SSSR count). The summed E-state index contributed by atoms with van der Waals surface area (Å²) in [4.78, 5) is 0. The van der Waals surface area contributed by atoms with E-state index in [1.807, 2.05) is 0 Å². The van der Waals surface area contributed by atoms with Crippen molar-refractivity contribution in [3.63, 3.8) is 0 Å². The molecule has 0 spiro atoms. The molecule has 1 heterocycles. The molecule has 4 nitrogen and oxygen atoms in total. The molecule has 17 heavy (non-hydrogen) atoms. The van der Waals surface area contributed by atoms with Crippen molar-refractivity contribution in [2.75, 3.05) is 26.4 Å². The molecule has 102 valence electrons. The highest BCUT2D eigenvalue weighted by Crippen LogP contribution is 2.12. The molecule has 3 unspecified atom stereocenters. The first-order valence-electron chi connectivity index (χ1n) is 6.83. The van der Waals surface area contributed by atoms with E-state index < -0.39 is 6.10 Å². The van der Waals surface area contributed by atoms with E-state index in [9.17, 15) is 5.11 Å². The maximum atomic E-state index is 9.73. The van der Waals surface area contributed by atoms with Gasteiger partial charge in [0.1, 0.15) is 0 Å². The summed E-state index contributed by atoms with van der Waals surface area (Å²) in [5.74, 6) is 0. The van der Waals surface area contributed by atoms with Gasteiger partial charge in [-0.05, 0) is 26.2 Å². The second kappa shape index (κ2) is 8.86. The second-order valence-electron chi connectivity index (χ2n) is 4.89. The van der Waals surface area contributed by atoms with Crippen molar-refractivity contribution in [2.45, 2.75) is 57.8 Å². The Hall–Kier alpha value is -0.160. The predicted octanol–water partition coefficient (Wildman–Crippen LogP) is 1.32. The standard InChI is InChI=1S/C13H27NO3/c1-3-4-6-16-10-13(15)9-14-12-5-7-17-11(2)8-12/h11-15H,3-10H2,1-2H3. The first-order chi connectivity index (χ1) is 8.22. The van der Waals surface area contributed by atoms with Crippen LogP contribution in [-0.4, -0.2) is 49.7 Å². The molecule has 1 fully saturated rings. The number of hydrogen-bond acceptors (Lipinski definition) is 4. The zero-order chi connectivity index (χ0) is 12.5. The minimum Gasteiger partial charge on any atom is -0.389 e. The molecule has 0 aromatic heterocycles. The number of rotatable bonds is 8. The van der Waals surface area contributed by atoms with E-state index in [0.29, 0.717) is 25.3 Å². The molecule has 0 radical (unpaired) electrons. The van der Waals surface area contributed by atoms with Gasteiger partial charge in [0, 0.05) is 25.8 Å². The van der Waals surface area contributed by atoms with Crippen LogP contribution in [-0.2, 0) is 9.47 Å². The molecule has 1 aliphatic rings. The second-order valence-corrected chi connectivity index (χ2v) is 4.89. The lowest BCUT2D eigenvalue weighted by atomic mass is 10.0. The van der Waals surface area contributed by atoms with Gasteiger partial charge >= 0.3 is 0 Å². The van der Waals surface area contributed by atoms with Crippen LogP contribution in [0.3, 0.4) is 0 Å². The first-order valence-corrected chi connectivity index (χ1v) is 6.83. The monoisotopic (exact) mass is 245 g/mol. The van der Waals surface area contributed by atoms with E-state index in [0.717, 1.165) is 38.9 Å². The summed E-state index contributed by atoms with van der Waals surface area (Å²) in [5, 5.41) is 13.1. The molecule has 1 saturated heterocycles. The topological polar surface area (TPSA) is 50.7 Å². The maximum Gasteiger partial charge on any atom is 0.0897 e. The number of nitrogens with one attached hydrogen (secondary N) is 1. The molecule has 1 aliphatic heterocycles. The SMILES string of the molecule is CCCCOCC(O)CNC1CCOC(C)C1. The summed E-state index contributed by atoms with van der Waals surface area (Å²) in [6, 6.07) is 0.476. The third-order valence-corrected chi connectivity index (χ3v) is 3.08. The fourth-order valence-corrected chi connectivity index (χ4v) is 2.01. The Morgan fingerprint density at radius 1 is 1.53 bits per heavy atom. The number of hydrogen-bond donors (Lipinski definition) is 2. The Labute approximate surface area is 105 Å². The van der Waals surface area contributed by atoms with Crippen LogP contribution in [0.15, 0.2) is 0 Å². The number of ether oxygens (including phenoxy) is 2. The maximum absolute atomic E-state index is 9.73. The quantitative estimate of drug-likeness (QED) is 0.633. The molecule has 0 aromatic rings. The van der Waals surface area contributed by atoms with Crippen LogP contribution in [0, 0.1) is 0 Å². The predicted molar refractivity (Wildman–Crippen MR) is 68.2 cm³/mol. The van der Waals surface area contributed by atoms with Crippen molar-refractivity contribution in [1.82, 2.24) is 5.32 Å². The van der Waals surface area contributed by atoms with Crippen molar-refractivity contribution >= 4 is 0 Å². The van der Waals surface area contributed by atoms with Crippen molar-refractivity contribution in [3.05, 3.63) is 0 Å². The number of unbranched alkanes of at least 4 members (excludes halogenated alkanes) is 1. The molecule has 0 saturated carbocycles. The van der Waals surface area contributed by atoms with E-state index in [4.69, 9.17) is 9.47 Å². The van der Waals surface area contributed by atoms with Crippen LogP contribution >= 0.6 is 0 Å². The van der Waals surface area contributed by atoms with E-state index in [2.05, 4.69) is 19.2 Å². The molecule has 3 atom stereocenters. The minimum absolute atomic E-state index is 0.333. The van der Waals surface area contributed by atoms with Gasteiger partial charge < -0.3 is 19.9 Å². The van der Waals surface area contributed by atoms with Crippen LogP contribution < -0.4 is 5.32 Å². The lowest BCUT2D eigenvalue weighted by molar-refractivity contribution is 0.00449. The summed E-state index contributed by atoms with van der Waals surface area (Å²) in [5.41, 5.74) is 0. The van der Waals surface area contributed by atoms with E-state index in [-0.39, 0.29) is 0 Å². The van der Waals surface area contributed by atoms with Crippen LogP contribution in [0.4, 0.5) is 0 Å². The van der Waals surface area contributed by atoms with Crippen molar-refractivity contribution in [3.8, 4) is 0 Å². The Balaban J connectivity index is 2.00. The summed E-state index contributed by atoms with van der Waals surface area (Å²) in [6.07, 6.45) is 4.20. The Bertz CT molecular complexity index is 190. The van der Waals surface area contributed by atoms with Gasteiger partial charge in [0.2, 0.25) is 0 Å². The molecule has 0 amide bonds. The van der Waals surface area contributed by atoms with Gasteiger partial charge in [-0.1, -0.05) is 13.3 Å². The van der Waals surface area contributed by atoms with Crippen LogP contribution in [0.25, 0.3) is 0 Å². The lowest BCUT2D eigenvalue weighted by Gasteiger charge is -2.28. The minimum atomic E-state index is -0.398. The first kappa shape index (κ1) is 14.9. The van der Waals surface area contributed by atoms with Crippen molar-refractivity contribution in [1.29, 1.82) is 0 Å². The molecule has 0 aliphatic carbocycles. The van der Waals surface area contributed by atoms with Gasteiger partial charge in [-0.15, -0.1) is 0 Å².